The van der Waals surface area contributed by atoms with E-state index in [4.69, 9.17) is 10.5 Å². The first-order chi connectivity index (χ1) is 8.74. The van der Waals surface area contributed by atoms with Crippen molar-refractivity contribution in [2.75, 3.05) is 36.9 Å². The Kier molecular flexibility index (Phi) is 2.93. The molecule has 5 nitrogen and oxygen atoms in total. The van der Waals surface area contributed by atoms with E-state index in [2.05, 4.69) is 5.32 Å². The predicted molar refractivity (Wildman–Crippen MR) is 69.5 cm³/mol. The fraction of sp³-hybridized carbons (Fsp3) is 0.462. The SMILES string of the molecule is Nc1ccc2c(c1)CC(=O)N2CC1CNCCO1. The van der Waals surface area contributed by atoms with Crippen LogP contribution >= 0.6 is 0 Å². The molecule has 5 heteroatoms. The van der Waals surface area contributed by atoms with Gasteiger partial charge in [0.15, 0.2) is 0 Å². The highest BCUT2D eigenvalue weighted by atomic mass is 16.5. The van der Waals surface area contributed by atoms with E-state index >= 15 is 0 Å². The van der Waals surface area contributed by atoms with Gasteiger partial charge in [-0.2, -0.15) is 0 Å². The van der Waals surface area contributed by atoms with Crippen LogP contribution in [0.5, 0.6) is 0 Å². The fourth-order valence-corrected chi connectivity index (χ4v) is 2.54. The molecular weight excluding hydrogens is 230 g/mol. The first kappa shape index (κ1) is 11.5. The minimum Gasteiger partial charge on any atom is -0.399 e. The first-order valence-corrected chi connectivity index (χ1v) is 6.25. The van der Waals surface area contributed by atoms with Gasteiger partial charge in [0.2, 0.25) is 5.91 Å². The minimum atomic E-state index is 0.0752. The van der Waals surface area contributed by atoms with Crippen LogP contribution in [0.1, 0.15) is 5.56 Å². The van der Waals surface area contributed by atoms with Crippen molar-refractivity contribution in [2.45, 2.75) is 12.5 Å². The largest absolute Gasteiger partial charge is 0.399 e. The summed E-state index contributed by atoms with van der Waals surface area (Å²) in [7, 11) is 0. The van der Waals surface area contributed by atoms with E-state index in [0.29, 0.717) is 25.3 Å². The van der Waals surface area contributed by atoms with Crippen LogP contribution in [0, 0.1) is 0 Å². The number of carbonyl (C=O) groups is 1. The average Bonchev–Trinajstić information content (AvgIpc) is 2.66. The Balaban J connectivity index is 1.78. The van der Waals surface area contributed by atoms with E-state index in [0.717, 1.165) is 24.3 Å². The number of benzene rings is 1. The lowest BCUT2D eigenvalue weighted by Crippen LogP contribution is -2.46. The zero-order valence-corrected chi connectivity index (χ0v) is 10.2. The van der Waals surface area contributed by atoms with Crippen molar-refractivity contribution in [1.29, 1.82) is 0 Å². The number of rotatable bonds is 2. The number of hydrogen-bond acceptors (Lipinski definition) is 4. The maximum absolute atomic E-state index is 12.0. The number of fused-ring (bicyclic) bond motifs is 1. The van der Waals surface area contributed by atoms with Gasteiger partial charge in [-0.25, -0.2) is 0 Å². The molecule has 1 saturated heterocycles. The molecule has 2 heterocycles. The van der Waals surface area contributed by atoms with Crippen molar-refractivity contribution in [3.63, 3.8) is 0 Å². The summed E-state index contributed by atoms with van der Waals surface area (Å²) >= 11 is 0. The van der Waals surface area contributed by atoms with E-state index in [-0.39, 0.29) is 12.0 Å². The molecule has 1 aromatic carbocycles. The van der Waals surface area contributed by atoms with Gasteiger partial charge in [-0.1, -0.05) is 0 Å². The highest BCUT2D eigenvalue weighted by molar-refractivity contribution is 6.01. The van der Waals surface area contributed by atoms with Gasteiger partial charge < -0.3 is 20.7 Å². The van der Waals surface area contributed by atoms with E-state index in [1.165, 1.54) is 0 Å². The Labute approximate surface area is 106 Å². The predicted octanol–water partition coefficient (Wildman–Crippen LogP) is 0.146. The summed E-state index contributed by atoms with van der Waals surface area (Å²) in [6, 6.07) is 5.64. The molecule has 0 saturated carbocycles. The maximum atomic E-state index is 12.0. The van der Waals surface area contributed by atoms with Gasteiger partial charge >= 0.3 is 0 Å². The average molecular weight is 247 g/mol. The van der Waals surface area contributed by atoms with Crippen LogP contribution < -0.4 is 16.0 Å². The number of nitrogens with one attached hydrogen (secondary N) is 1. The summed E-state index contributed by atoms with van der Waals surface area (Å²) in [6.07, 6.45) is 0.520. The molecule has 0 radical (unpaired) electrons. The number of nitrogen functional groups attached to an aromatic ring is 1. The number of morpholine rings is 1. The molecule has 0 aromatic heterocycles. The van der Waals surface area contributed by atoms with Gasteiger partial charge in [-0.3, -0.25) is 4.79 Å². The fourth-order valence-electron chi connectivity index (χ4n) is 2.54. The van der Waals surface area contributed by atoms with Crippen molar-refractivity contribution in [2.24, 2.45) is 0 Å². The maximum Gasteiger partial charge on any atom is 0.231 e. The Morgan fingerprint density at radius 2 is 2.39 bits per heavy atom. The number of hydrogen-bond donors (Lipinski definition) is 2. The Morgan fingerprint density at radius 3 is 3.17 bits per heavy atom. The van der Waals surface area contributed by atoms with Gasteiger partial charge in [0, 0.05) is 24.5 Å². The molecule has 1 aromatic rings. The third-order valence-electron chi connectivity index (χ3n) is 3.43. The molecular formula is C13H17N3O2. The number of ether oxygens (including phenoxy) is 1. The number of carbonyl (C=O) groups excluding carboxylic acids is 1. The molecule has 0 aliphatic carbocycles. The van der Waals surface area contributed by atoms with Crippen LogP contribution in [0.25, 0.3) is 0 Å². The molecule has 1 amide bonds. The second kappa shape index (κ2) is 4.59. The van der Waals surface area contributed by atoms with E-state index in [1.807, 2.05) is 23.1 Å². The smallest absolute Gasteiger partial charge is 0.231 e. The van der Waals surface area contributed by atoms with E-state index in [1.54, 1.807) is 0 Å². The van der Waals surface area contributed by atoms with Gasteiger partial charge in [0.1, 0.15) is 0 Å². The van der Waals surface area contributed by atoms with Crippen LogP contribution in [0.2, 0.25) is 0 Å². The van der Waals surface area contributed by atoms with Crippen molar-refractivity contribution in [1.82, 2.24) is 5.32 Å². The van der Waals surface area contributed by atoms with Crippen molar-refractivity contribution < 1.29 is 9.53 Å². The number of anilines is 2. The summed E-state index contributed by atoms with van der Waals surface area (Å²) in [5.41, 5.74) is 8.44. The third-order valence-corrected chi connectivity index (χ3v) is 3.43. The standard InChI is InChI=1S/C13H17N3O2/c14-10-1-2-12-9(5-10)6-13(17)16(12)8-11-7-15-3-4-18-11/h1-2,5,11,15H,3-4,6-8,14H2. The summed E-state index contributed by atoms with van der Waals surface area (Å²) in [5, 5.41) is 3.27. The zero-order valence-electron chi connectivity index (χ0n) is 10.2. The Hall–Kier alpha value is -1.59. The second-order valence-electron chi connectivity index (χ2n) is 4.77. The summed E-state index contributed by atoms with van der Waals surface area (Å²) in [6.45, 7) is 3.01. The molecule has 18 heavy (non-hydrogen) atoms. The quantitative estimate of drug-likeness (QED) is 0.730. The number of nitrogens with two attached hydrogens (primary N) is 1. The van der Waals surface area contributed by atoms with Gasteiger partial charge in [0.25, 0.3) is 0 Å². The topological polar surface area (TPSA) is 67.6 Å². The van der Waals surface area contributed by atoms with Crippen molar-refractivity contribution in [3.05, 3.63) is 23.8 Å². The molecule has 1 atom stereocenters. The lowest BCUT2D eigenvalue weighted by molar-refractivity contribution is -0.117. The van der Waals surface area contributed by atoms with Gasteiger partial charge in [0.05, 0.1) is 25.7 Å². The lowest BCUT2D eigenvalue weighted by atomic mass is 10.1. The highest BCUT2D eigenvalue weighted by Crippen LogP contribution is 2.30. The number of amides is 1. The molecule has 1 fully saturated rings. The van der Waals surface area contributed by atoms with Crippen LogP contribution in [0.4, 0.5) is 11.4 Å². The third kappa shape index (κ3) is 2.07. The number of nitrogens with zero attached hydrogens (tertiary/aromatic N) is 1. The zero-order chi connectivity index (χ0) is 12.5. The Morgan fingerprint density at radius 1 is 1.50 bits per heavy atom. The lowest BCUT2D eigenvalue weighted by Gasteiger charge is -2.28. The second-order valence-corrected chi connectivity index (χ2v) is 4.77. The van der Waals surface area contributed by atoms with E-state index in [9.17, 15) is 4.79 Å². The van der Waals surface area contributed by atoms with Gasteiger partial charge in [-0.15, -0.1) is 0 Å². The molecule has 96 valence electrons. The van der Waals surface area contributed by atoms with Gasteiger partial charge in [-0.05, 0) is 23.8 Å². The normalized spacial score (nSPS) is 23.2. The summed E-state index contributed by atoms with van der Waals surface area (Å²) in [5.74, 6) is 0.129. The highest BCUT2D eigenvalue weighted by Gasteiger charge is 2.30. The molecule has 1 unspecified atom stereocenters. The first-order valence-electron chi connectivity index (χ1n) is 6.25. The molecule has 2 aliphatic heterocycles. The molecule has 3 rings (SSSR count). The van der Waals surface area contributed by atoms with E-state index < -0.39 is 0 Å². The van der Waals surface area contributed by atoms with Crippen LogP contribution in [0.3, 0.4) is 0 Å². The summed E-state index contributed by atoms with van der Waals surface area (Å²) < 4.78 is 5.65. The summed E-state index contributed by atoms with van der Waals surface area (Å²) in [4.78, 5) is 13.8. The van der Waals surface area contributed by atoms with Crippen LogP contribution in [-0.4, -0.2) is 38.3 Å². The van der Waals surface area contributed by atoms with Crippen LogP contribution in [0.15, 0.2) is 18.2 Å². The van der Waals surface area contributed by atoms with Crippen molar-refractivity contribution >= 4 is 17.3 Å². The molecule has 3 N–H and O–H groups in total. The Bertz CT molecular complexity index is 469. The van der Waals surface area contributed by atoms with Crippen molar-refractivity contribution in [3.8, 4) is 0 Å². The minimum absolute atomic E-state index is 0.0752. The monoisotopic (exact) mass is 247 g/mol. The molecule has 0 spiro atoms. The molecule has 0 bridgehead atoms. The van der Waals surface area contributed by atoms with Crippen LogP contribution in [-0.2, 0) is 16.0 Å². The molecule has 2 aliphatic rings.